The molecule has 0 aliphatic carbocycles. The van der Waals surface area contributed by atoms with Gasteiger partial charge in [-0.2, -0.15) is 5.10 Å². The molecule has 0 bridgehead atoms. The molecule has 1 unspecified atom stereocenters. The molecule has 24 heavy (non-hydrogen) atoms. The van der Waals surface area contributed by atoms with Crippen LogP contribution in [0.2, 0.25) is 0 Å². The summed E-state index contributed by atoms with van der Waals surface area (Å²) < 4.78 is 1.88. The van der Waals surface area contributed by atoms with Crippen molar-refractivity contribution in [1.29, 1.82) is 0 Å². The predicted octanol–water partition coefficient (Wildman–Crippen LogP) is 2.13. The molecule has 0 radical (unpaired) electrons. The molecule has 2 N–H and O–H groups in total. The Bertz CT molecular complexity index is 495. The molecule has 0 saturated carbocycles. The summed E-state index contributed by atoms with van der Waals surface area (Å²) in [6.07, 6.45) is 8.36. The van der Waals surface area contributed by atoms with E-state index in [1.165, 1.54) is 45.2 Å². The lowest BCUT2D eigenvalue weighted by Crippen LogP contribution is -2.49. The number of nitrogens with one attached hydrogen (secondary N) is 2. The van der Waals surface area contributed by atoms with E-state index in [1.54, 1.807) is 0 Å². The van der Waals surface area contributed by atoms with Crippen LogP contribution >= 0.6 is 0 Å². The number of hydrogen-bond acceptors (Lipinski definition) is 3. The van der Waals surface area contributed by atoms with Gasteiger partial charge >= 0.3 is 0 Å². The number of rotatable bonds is 8. The summed E-state index contributed by atoms with van der Waals surface area (Å²) in [6, 6.07) is 2.64. The molecule has 1 aromatic rings. The standard InChI is InChI=1S/C18H34N6/c1-4-6-12-24-13-8-7-9-17(24)15-21-18(19-5-2)20-14-16-10-11-22-23(16)3/h10-11,17H,4-9,12-15H2,1-3H3,(H2,19,20,21). The lowest BCUT2D eigenvalue weighted by molar-refractivity contribution is 0.147. The Hall–Kier alpha value is -1.56. The molecule has 1 fully saturated rings. The molecule has 1 aliphatic heterocycles. The van der Waals surface area contributed by atoms with Gasteiger partial charge in [-0.25, -0.2) is 4.99 Å². The van der Waals surface area contributed by atoms with Gasteiger partial charge in [0.25, 0.3) is 0 Å². The number of aliphatic imine (C=N–C) groups is 1. The number of nitrogens with zero attached hydrogens (tertiary/aromatic N) is 4. The first-order valence-electron chi connectivity index (χ1n) is 9.47. The van der Waals surface area contributed by atoms with Gasteiger partial charge in [0, 0.05) is 32.4 Å². The fraction of sp³-hybridized carbons (Fsp3) is 0.778. The van der Waals surface area contributed by atoms with E-state index in [0.717, 1.165) is 24.7 Å². The molecule has 2 rings (SSSR count). The van der Waals surface area contributed by atoms with Crippen molar-refractivity contribution in [2.45, 2.75) is 58.5 Å². The molecule has 136 valence electrons. The molecule has 1 saturated heterocycles. The minimum Gasteiger partial charge on any atom is -0.357 e. The van der Waals surface area contributed by atoms with Gasteiger partial charge in [0.15, 0.2) is 5.96 Å². The summed E-state index contributed by atoms with van der Waals surface area (Å²) in [5.74, 6) is 0.903. The van der Waals surface area contributed by atoms with E-state index in [9.17, 15) is 0 Å². The Labute approximate surface area is 146 Å². The number of hydrogen-bond donors (Lipinski definition) is 2. The third-order valence-electron chi connectivity index (χ3n) is 4.72. The van der Waals surface area contributed by atoms with Crippen molar-refractivity contribution < 1.29 is 0 Å². The van der Waals surface area contributed by atoms with Crippen LogP contribution in [0.5, 0.6) is 0 Å². The van der Waals surface area contributed by atoms with Crippen molar-refractivity contribution >= 4 is 5.96 Å². The van der Waals surface area contributed by atoms with E-state index in [1.807, 2.05) is 24.0 Å². The van der Waals surface area contributed by atoms with Crippen LogP contribution in [0.4, 0.5) is 0 Å². The van der Waals surface area contributed by atoms with Gasteiger partial charge in [-0.05, 0) is 45.3 Å². The lowest BCUT2D eigenvalue weighted by Gasteiger charge is -2.36. The highest BCUT2D eigenvalue weighted by Crippen LogP contribution is 2.17. The Balaban J connectivity index is 1.88. The molecular formula is C18H34N6. The van der Waals surface area contributed by atoms with Gasteiger partial charge in [0.2, 0.25) is 0 Å². The molecule has 6 nitrogen and oxygen atoms in total. The molecular weight excluding hydrogens is 300 g/mol. The number of likely N-dealkylation sites (tertiary alicyclic amines) is 1. The second-order valence-corrected chi connectivity index (χ2v) is 6.56. The minimum atomic E-state index is 0.630. The maximum atomic E-state index is 4.70. The summed E-state index contributed by atoms with van der Waals surface area (Å²) in [4.78, 5) is 7.36. The van der Waals surface area contributed by atoms with Crippen LogP contribution in [0.3, 0.4) is 0 Å². The van der Waals surface area contributed by atoms with Crippen LogP contribution in [-0.4, -0.2) is 52.9 Å². The van der Waals surface area contributed by atoms with Gasteiger partial charge in [-0.3, -0.25) is 9.58 Å². The molecule has 0 amide bonds. The Morgan fingerprint density at radius 2 is 2.21 bits per heavy atom. The van der Waals surface area contributed by atoms with Gasteiger partial charge in [0.05, 0.1) is 12.2 Å². The second-order valence-electron chi connectivity index (χ2n) is 6.56. The molecule has 0 aromatic carbocycles. The summed E-state index contributed by atoms with van der Waals surface area (Å²) in [5.41, 5.74) is 1.12. The quantitative estimate of drug-likeness (QED) is 0.565. The van der Waals surface area contributed by atoms with Crippen LogP contribution in [0.15, 0.2) is 17.3 Å². The smallest absolute Gasteiger partial charge is 0.191 e. The largest absolute Gasteiger partial charge is 0.357 e. The van der Waals surface area contributed by atoms with Crippen molar-refractivity contribution in [2.75, 3.05) is 26.2 Å². The van der Waals surface area contributed by atoms with Crippen molar-refractivity contribution in [1.82, 2.24) is 25.3 Å². The van der Waals surface area contributed by atoms with E-state index < -0.39 is 0 Å². The number of guanidine groups is 1. The average molecular weight is 335 g/mol. The highest BCUT2D eigenvalue weighted by Gasteiger charge is 2.21. The highest BCUT2D eigenvalue weighted by atomic mass is 15.3. The zero-order valence-electron chi connectivity index (χ0n) is 15.6. The van der Waals surface area contributed by atoms with Crippen molar-refractivity contribution in [3.63, 3.8) is 0 Å². The predicted molar refractivity (Wildman–Crippen MR) is 100 cm³/mol. The number of aromatic nitrogens is 2. The third-order valence-corrected chi connectivity index (χ3v) is 4.72. The zero-order chi connectivity index (χ0) is 17.2. The molecule has 2 heterocycles. The lowest BCUT2D eigenvalue weighted by atomic mass is 10.0. The van der Waals surface area contributed by atoms with Crippen LogP contribution in [-0.2, 0) is 13.6 Å². The van der Waals surface area contributed by atoms with Gasteiger partial charge in [0.1, 0.15) is 0 Å². The van der Waals surface area contributed by atoms with E-state index in [2.05, 4.69) is 34.5 Å². The SMILES string of the molecule is CCCCN1CCCCC1CNC(=NCc1ccnn1C)NCC. The summed E-state index contributed by atoms with van der Waals surface area (Å²) in [5, 5.41) is 11.1. The van der Waals surface area contributed by atoms with Crippen molar-refractivity contribution in [3.8, 4) is 0 Å². The summed E-state index contributed by atoms with van der Waals surface area (Å²) >= 11 is 0. The van der Waals surface area contributed by atoms with Crippen molar-refractivity contribution in [3.05, 3.63) is 18.0 Å². The minimum absolute atomic E-state index is 0.630. The van der Waals surface area contributed by atoms with Gasteiger partial charge < -0.3 is 10.6 Å². The Morgan fingerprint density at radius 1 is 1.33 bits per heavy atom. The monoisotopic (exact) mass is 334 g/mol. The number of aryl methyl sites for hydroxylation is 1. The normalized spacial score (nSPS) is 19.5. The Morgan fingerprint density at radius 3 is 2.92 bits per heavy atom. The average Bonchev–Trinajstić information content (AvgIpc) is 3.01. The van der Waals surface area contributed by atoms with Crippen LogP contribution < -0.4 is 10.6 Å². The first-order chi connectivity index (χ1) is 11.7. The van der Waals surface area contributed by atoms with Gasteiger partial charge in [-0.1, -0.05) is 19.8 Å². The topological polar surface area (TPSA) is 57.5 Å². The first-order valence-corrected chi connectivity index (χ1v) is 9.47. The molecule has 1 aliphatic rings. The van der Waals surface area contributed by atoms with E-state index in [-0.39, 0.29) is 0 Å². The second kappa shape index (κ2) is 10.3. The molecule has 1 atom stereocenters. The van der Waals surface area contributed by atoms with Crippen LogP contribution in [0.25, 0.3) is 0 Å². The molecule has 0 spiro atoms. The summed E-state index contributed by atoms with van der Waals surface area (Å²) in [6.45, 7) is 9.35. The van der Waals surface area contributed by atoms with E-state index in [4.69, 9.17) is 4.99 Å². The van der Waals surface area contributed by atoms with Crippen LogP contribution in [0, 0.1) is 0 Å². The molecule has 6 heteroatoms. The van der Waals surface area contributed by atoms with Crippen molar-refractivity contribution in [2.24, 2.45) is 12.0 Å². The summed E-state index contributed by atoms with van der Waals surface area (Å²) in [7, 11) is 1.96. The van der Waals surface area contributed by atoms with E-state index >= 15 is 0 Å². The van der Waals surface area contributed by atoms with Crippen LogP contribution in [0.1, 0.15) is 51.6 Å². The Kier molecular flexibility index (Phi) is 8.08. The fourth-order valence-electron chi connectivity index (χ4n) is 3.22. The molecule has 1 aromatic heterocycles. The first kappa shape index (κ1) is 18.8. The van der Waals surface area contributed by atoms with E-state index in [0.29, 0.717) is 12.6 Å². The number of unbranched alkanes of at least 4 members (excludes halogenated alkanes) is 1. The third kappa shape index (κ3) is 5.82. The fourth-order valence-corrected chi connectivity index (χ4v) is 3.22. The number of piperidine rings is 1. The maximum absolute atomic E-state index is 4.70. The maximum Gasteiger partial charge on any atom is 0.191 e. The zero-order valence-corrected chi connectivity index (χ0v) is 15.6. The van der Waals surface area contributed by atoms with Gasteiger partial charge in [-0.15, -0.1) is 0 Å². The highest BCUT2D eigenvalue weighted by molar-refractivity contribution is 5.79.